The van der Waals surface area contributed by atoms with Gasteiger partial charge in [0.05, 0.1) is 0 Å². The van der Waals surface area contributed by atoms with Crippen molar-refractivity contribution in [3.8, 4) is 0 Å². The Kier molecular flexibility index (Phi) is 4.49. The normalized spacial score (nSPS) is 10.6. The van der Waals surface area contributed by atoms with Gasteiger partial charge in [-0.1, -0.05) is 20.8 Å². The number of pyridine rings is 1. The predicted octanol–water partition coefficient (Wildman–Crippen LogP) is 2.27. The van der Waals surface area contributed by atoms with Crippen molar-refractivity contribution in [2.45, 2.75) is 33.1 Å². The van der Waals surface area contributed by atoms with E-state index >= 15 is 0 Å². The van der Waals surface area contributed by atoms with Crippen LogP contribution in [-0.2, 0) is 0 Å². The van der Waals surface area contributed by atoms with E-state index in [1.807, 2.05) is 26.8 Å². The van der Waals surface area contributed by atoms with E-state index in [1.54, 1.807) is 18.0 Å². The van der Waals surface area contributed by atoms with E-state index in [2.05, 4.69) is 4.98 Å². The molecule has 0 saturated carbocycles. The first kappa shape index (κ1) is 13.5. The summed E-state index contributed by atoms with van der Waals surface area (Å²) in [7, 11) is 1.80. The number of hydrogen-bond acceptors (Lipinski definition) is 3. The smallest absolute Gasteiger partial charge is 0.253 e. The Morgan fingerprint density at radius 3 is 2.65 bits per heavy atom. The molecule has 0 aliphatic heterocycles. The van der Waals surface area contributed by atoms with Crippen LogP contribution in [-0.4, -0.2) is 29.4 Å². The number of hydrogen-bond donors (Lipinski definition) is 1. The van der Waals surface area contributed by atoms with Gasteiger partial charge in [-0.2, -0.15) is 0 Å². The van der Waals surface area contributed by atoms with E-state index < -0.39 is 0 Å². The summed E-state index contributed by atoms with van der Waals surface area (Å²) < 4.78 is 0. The number of anilines is 1. The zero-order valence-corrected chi connectivity index (χ0v) is 11.0. The number of nitrogens with zero attached hydrogens (tertiary/aromatic N) is 2. The Morgan fingerprint density at radius 1 is 1.47 bits per heavy atom. The molecule has 0 atom stereocenters. The van der Waals surface area contributed by atoms with E-state index in [4.69, 9.17) is 5.73 Å². The van der Waals surface area contributed by atoms with Crippen LogP contribution < -0.4 is 5.73 Å². The average Bonchev–Trinajstić information content (AvgIpc) is 2.27. The summed E-state index contributed by atoms with van der Waals surface area (Å²) in [6.07, 6.45) is 0.944. The second-order valence-electron chi connectivity index (χ2n) is 4.59. The molecule has 0 fully saturated rings. The molecule has 0 spiro atoms. The molecule has 0 bridgehead atoms. The molecular weight excluding hydrogens is 214 g/mol. The van der Waals surface area contributed by atoms with Crippen molar-refractivity contribution in [3.05, 3.63) is 23.4 Å². The summed E-state index contributed by atoms with van der Waals surface area (Å²) in [5, 5.41) is 0. The van der Waals surface area contributed by atoms with Gasteiger partial charge in [-0.05, 0) is 24.5 Å². The zero-order valence-electron chi connectivity index (χ0n) is 11.0. The maximum absolute atomic E-state index is 12.1. The van der Waals surface area contributed by atoms with Gasteiger partial charge in [-0.25, -0.2) is 4.98 Å². The average molecular weight is 235 g/mol. The van der Waals surface area contributed by atoms with Gasteiger partial charge in [0.2, 0.25) is 0 Å². The first-order chi connectivity index (χ1) is 7.95. The minimum absolute atomic E-state index is 0.00264. The van der Waals surface area contributed by atoms with Crippen LogP contribution in [0.5, 0.6) is 0 Å². The first-order valence-corrected chi connectivity index (χ1v) is 5.98. The van der Waals surface area contributed by atoms with Crippen LogP contribution >= 0.6 is 0 Å². The SMILES string of the molecule is CCCN(C)C(=O)c1cc(N)nc(C(C)C)c1. The molecule has 1 heterocycles. The van der Waals surface area contributed by atoms with Gasteiger partial charge in [0.25, 0.3) is 5.91 Å². The van der Waals surface area contributed by atoms with E-state index in [0.717, 1.165) is 18.7 Å². The number of carbonyl (C=O) groups is 1. The number of aromatic nitrogens is 1. The van der Waals surface area contributed by atoms with Crippen molar-refractivity contribution in [2.24, 2.45) is 0 Å². The molecular formula is C13H21N3O. The molecule has 2 N–H and O–H groups in total. The maximum Gasteiger partial charge on any atom is 0.253 e. The molecule has 1 amide bonds. The standard InChI is InChI=1S/C13H21N3O/c1-5-6-16(4)13(17)10-7-11(9(2)3)15-12(14)8-10/h7-9H,5-6H2,1-4H3,(H2,14,15). The number of nitrogen functional groups attached to an aromatic ring is 1. The van der Waals surface area contributed by atoms with Gasteiger partial charge >= 0.3 is 0 Å². The van der Waals surface area contributed by atoms with E-state index in [-0.39, 0.29) is 11.8 Å². The first-order valence-electron chi connectivity index (χ1n) is 5.98. The van der Waals surface area contributed by atoms with Crippen molar-refractivity contribution in [2.75, 3.05) is 19.3 Å². The molecule has 1 aromatic heterocycles. The van der Waals surface area contributed by atoms with Gasteiger partial charge in [0.1, 0.15) is 5.82 Å². The maximum atomic E-state index is 12.1. The second-order valence-corrected chi connectivity index (χ2v) is 4.59. The third kappa shape index (κ3) is 3.44. The van der Waals surface area contributed by atoms with Gasteiger partial charge < -0.3 is 10.6 Å². The van der Waals surface area contributed by atoms with Crippen LogP contribution in [0.4, 0.5) is 5.82 Å². The highest BCUT2D eigenvalue weighted by Gasteiger charge is 2.14. The van der Waals surface area contributed by atoms with Crippen LogP contribution in [0.1, 0.15) is 49.2 Å². The monoisotopic (exact) mass is 235 g/mol. The van der Waals surface area contributed by atoms with Gasteiger partial charge in [0.15, 0.2) is 0 Å². The quantitative estimate of drug-likeness (QED) is 0.871. The summed E-state index contributed by atoms with van der Waals surface area (Å²) in [4.78, 5) is 18.0. The molecule has 0 saturated heterocycles. The lowest BCUT2D eigenvalue weighted by molar-refractivity contribution is 0.0795. The number of nitrogens with two attached hydrogens (primary N) is 1. The Hall–Kier alpha value is -1.58. The van der Waals surface area contributed by atoms with Gasteiger partial charge in [-0.3, -0.25) is 4.79 Å². The van der Waals surface area contributed by atoms with Crippen molar-refractivity contribution in [1.82, 2.24) is 9.88 Å². The highest BCUT2D eigenvalue weighted by molar-refractivity contribution is 5.94. The lowest BCUT2D eigenvalue weighted by atomic mass is 10.1. The van der Waals surface area contributed by atoms with E-state index in [0.29, 0.717) is 11.4 Å². The highest BCUT2D eigenvalue weighted by Crippen LogP contribution is 2.17. The lowest BCUT2D eigenvalue weighted by Crippen LogP contribution is -2.27. The molecule has 1 rings (SSSR count). The van der Waals surface area contributed by atoms with Crippen LogP contribution in [0.2, 0.25) is 0 Å². The fourth-order valence-electron chi connectivity index (χ4n) is 1.65. The minimum Gasteiger partial charge on any atom is -0.384 e. The number of rotatable bonds is 4. The Morgan fingerprint density at radius 2 is 2.12 bits per heavy atom. The molecule has 1 aromatic rings. The van der Waals surface area contributed by atoms with Gasteiger partial charge in [-0.15, -0.1) is 0 Å². The van der Waals surface area contributed by atoms with Crippen molar-refractivity contribution >= 4 is 11.7 Å². The van der Waals surface area contributed by atoms with E-state index in [9.17, 15) is 4.79 Å². The summed E-state index contributed by atoms with van der Waals surface area (Å²) in [5.41, 5.74) is 7.21. The zero-order chi connectivity index (χ0) is 13.0. The second kappa shape index (κ2) is 5.66. The van der Waals surface area contributed by atoms with E-state index in [1.165, 1.54) is 0 Å². The number of amides is 1. The van der Waals surface area contributed by atoms with Crippen molar-refractivity contribution in [1.29, 1.82) is 0 Å². The fraction of sp³-hybridized carbons (Fsp3) is 0.538. The third-order valence-electron chi connectivity index (χ3n) is 2.61. The van der Waals surface area contributed by atoms with Crippen LogP contribution in [0, 0.1) is 0 Å². The Labute approximate surface area is 103 Å². The molecule has 0 radical (unpaired) electrons. The highest BCUT2D eigenvalue weighted by atomic mass is 16.2. The third-order valence-corrected chi connectivity index (χ3v) is 2.61. The minimum atomic E-state index is 0.00264. The van der Waals surface area contributed by atoms with Crippen LogP contribution in [0.25, 0.3) is 0 Å². The Balaban J connectivity index is 3.01. The molecule has 94 valence electrons. The summed E-state index contributed by atoms with van der Waals surface area (Å²) in [6.45, 7) is 6.86. The van der Waals surface area contributed by atoms with Crippen LogP contribution in [0.15, 0.2) is 12.1 Å². The van der Waals surface area contributed by atoms with Crippen LogP contribution in [0.3, 0.4) is 0 Å². The summed E-state index contributed by atoms with van der Waals surface area (Å²) in [5.74, 6) is 0.675. The van der Waals surface area contributed by atoms with Crippen molar-refractivity contribution < 1.29 is 4.79 Å². The molecule has 17 heavy (non-hydrogen) atoms. The van der Waals surface area contributed by atoms with Crippen molar-refractivity contribution in [3.63, 3.8) is 0 Å². The topological polar surface area (TPSA) is 59.2 Å². The lowest BCUT2D eigenvalue weighted by Gasteiger charge is -2.17. The molecule has 0 aliphatic rings. The Bertz CT molecular complexity index is 402. The molecule has 0 aromatic carbocycles. The summed E-state index contributed by atoms with van der Waals surface area (Å²) in [6, 6.07) is 3.47. The predicted molar refractivity (Wildman–Crippen MR) is 70.0 cm³/mol. The largest absolute Gasteiger partial charge is 0.384 e. The molecule has 0 aliphatic carbocycles. The molecule has 0 unspecified atom stereocenters. The molecule has 4 nitrogen and oxygen atoms in total. The molecule has 4 heteroatoms. The number of carbonyl (C=O) groups excluding carboxylic acids is 1. The fourth-order valence-corrected chi connectivity index (χ4v) is 1.65. The summed E-state index contributed by atoms with van der Waals surface area (Å²) >= 11 is 0. The van der Waals surface area contributed by atoms with Gasteiger partial charge in [0, 0.05) is 24.8 Å².